The van der Waals surface area contributed by atoms with Crippen molar-refractivity contribution in [2.24, 2.45) is 0 Å². The Morgan fingerprint density at radius 1 is 1.24 bits per heavy atom. The van der Waals surface area contributed by atoms with Gasteiger partial charge in [-0.15, -0.1) is 0 Å². The van der Waals surface area contributed by atoms with Gasteiger partial charge in [-0.05, 0) is 31.0 Å². The molecule has 0 fully saturated rings. The van der Waals surface area contributed by atoms with Crippen LogP contribution in [0.5, 0.6) is 0 Å². The van der Waals surface area contributed by atoms with Gasteiger partial charge in [-0.2, -0.15) is 0 Å². The van der Waals surface area contributed by atoms with Crippen molar-refractivity contribution in [3.63, 3.8) is 0 Å². The minimum atomic E-state index is 0.0552. The number of rotatable bonds is 6. The quantitative estimate of drug-likeness (QED) is 0.762. The molecule has 1 aromatic carbocycles. The summed E-state index contributed by atoms with van der Waals surface area (Å²) in [5.74, 6) is 1.05. The third-order valence-corrected chi connectivity index (χ3v) is 3.96. The molecular formula is C18H29N3. The van der Waals surface area contributed by atoms with Crippen molar-refractivity contribution in [3.8, 4) is 0 Å². The molecule has 116 valence electrons. The fourth-order valence-corrected chi connectivity index (χ4v) is 2.52. The number of aromatic amines is 1. The van der Waals surface area contributed by atoms with E-state index in [0.29, 0.717) is 6.04 Å². The summed E-state index contributed by atoms with van der Waals surface area (Å²) in [7, 11) is 0. The molecule has 1 unspecified atom stereocenters. The van der Waals surface area contributed by atoms with Gasteiger partial charge in [-0.3, -0.25) is 0 Å². The molecule has 0 saturated carbocycles. The molecule has 2 rings (SSSR count). The lowest BCUT2D eigenvalue weighted by atomic mass is 9.96. The summed E-state index contributed by atoms with van der Waals surface area (Å²) in [6.07, 6.45) is 4.94. The van der Waals surface area contributed by atoms with Gasteiger partial charge >= 0.3 is 0 Å². The van der Waals surface area contributed by atoms with Crippen molar-refractivity contribution in [1.29, 1.82) is 0 Å². The zero-order chi connectivity index (χ0) is 15.5. The molecule has 0 spiro atoms. The fraction of sp³-hybridized carbons (Fsp3) is 0.611. The number of benzene rings is 1. The molecule has 1 aromatic heterocycles. The summed E-state index contributed by atoms with van der Waals surface area (Å²) in [4.78, 5) is 8.15. The van der Waals surface area contributed by atoms with E-state index >= 15 is 0 Å². The van der Waals surface area contributed by atoms with Crippen molar-refractivity contribution in [2.45, 2.75) is 71.8 Å². The Kier molecular flexibility index (Phi) is 4.92. The summed E-state index contributed by atoms with van der Waals surface area (Å²) >= 11 is 0. The summed E-state index contributed by atoms with van der Waals surface area (Å²) in [5, 5.41) is 3.66. The van der Waals surface area contributed by atoms with Crippen LogP contribution in [0.1, 0.15) is 66.1 Å². The molecule has 0 aliphatic heterocycles. The number of hydrogen-bond donors (Lipinski definition) is 2. The van der Waals surface area contributed by atoms with E-state index in [1.807, 2.05) is 0 Å². The average molecular weight is 287 g/mol. The molecule has 2 N–H and O–H groups in total. The second kappa shape index (κ2) is 6.50. The molecular weight excluding hydrogens is 258 g/mol. The normalized spacial score (nSPS) is 13.6. The number of H-pyrrole nitrogens is 1. The zero-order valence-corrected chi connectivity index (χ0v) is 14.1. The highest BCUT2D eigenvalue weighted by atomic mass is 15.0. The van der Waals surface area contributed by atoms with E-state index in [2.05, 4.69) is 63.1 Å². The maximum Gasteiger partial charge on any atom is 0.112 e. The number of aromatic nitrogens is 2. The topological polar surface area (TPSA) is 40.7 Å². The maximum absolute atomic E-state index is 4.69. The number of nitrogens with one attached hydrogen (secondary N) is 2. The van der Waals surface area contributed by atoms with E-state index in [-0.39, 0.29) is 5.41 Å². The molecule has 0 aliphatic carbocycles. The van der Waals surface area contributed by atoms with Crippen LogP contribution in [-0.2, 0) is 5.41 Å². The van der Waals surface area contributed by atoms with Crippen LogP contribution in [-0.4, -0.2) is 16.0 Å². The van der Waals surface area contributed by atoms with Crippen LogP contribution in [0.4, 0.5) is 5.69 Å². The number of anilines is 1. The van der Waals surface area contributed by atoms with E-state index in [9.17, 15) is 0 Å². The lowest BCUT2D eigenvalue weighted by Crippen LogP contribution is -2.18. The molecule has 21 heavy (non-hydrogen) atoms. The highest BCUT2D eigenvalue weighted by Crippen LogP contribution is 2.25. The fourth-order valence-electron chi connectivity index (χ4n) is 2.52. The number of hydrogen-bond acceptors (Lipinski definition) is 2. The second-order valence-electron chi connectivity index (χ2n) is 6.96. The predicted molar refractivity (Wildman–Crippen MR) is 92.0 cm³/mol. The zero-order valence-electron chi connectivity index (χ0n) is 14.1. The summed E-state index contributed by atoms with van der Waals surface area (Å²) in [6.45, 7) is 11.0. The van der Waals surface area contributed by atoms with Gasteiger partial charge in [0.1, 0.15) is 5.82 Å². The number of imidazole rings is 1. The summed E-state index contributed by atoms with van der Waals surface area (Å²) in [5.41, 5.74) is 3.41. The molecule has 0 bridgehead atoms. The van der Waals surface area contributed by atoms with Gasteiger partial charge in [0.15, 0.2) is 0 Å². The Morgan fingerprint density at radius 3 is 2.62 bits per heavy atom. The molecule has 1 heterocycles. The Hall–Kier alpha value is -1.51. The van der Waals surface area contributed by atoms with E-state index in [4.69, 9.17) is 4.98 Å². The van der Waals surface area contributed by atoms with E-state index in [0.717, 1.165) is 23.3 Å². The van der Waals surface area contributed by atoms with E-state index in [1.165, 1.54) is 24.9 Å². The van der Waals surface area contributed by atoms with Crippen LogP contribution in [0.3, 0.4) is 0 Å². The number of nitrogens with zero attached hydrogens (tertiary/aromatic N) is 1. The minimum Gasteiger partial charge on any atom is -0.382 e. The summed E-state index contributed by atoms with van der Waals surface area (Å²) < 4.78 is 0. The Labute approximate surface area is 128 Å². The van der Waals surface area contributed by atoms with Gasteiger partial charge in [0.25, 0.3) is 0 Å². The predicted octanol–water partition coefficient (Wildman–Crippen LogP) is 5.24. The highest BCUT2D eigenvalue weighted by Gasteiger charge is 2.18. The van der Waals surface area contributed by atoms with E-state index in [1.54, 1.807) is 0 Å². The maximum atomic E-state index is 4.69. The Morgan fingerprint density at radius 2 is 2.00 bits per heavy atom. The third-order valence-electron chi connectivity index (χ3n) is 3.96. The van der Waals surface area contributed by atoms with Crippen LogP contribution < -0.4 is 5.32 Å². The third kappa shape index (κ3) is 3.99. The largest absolute Gasteiger partial charge is 0.382 e. The highest BCUT2D eigenvalue weighted by molar-refractivity contribution is 5.79. The second-order valence-corrected chi connectivity index (χ2v) is 6.96. The molecule has 0 aliphatic rings. The molecule has 0 radical (unpaired) electrons. The first-order chi connectivity index (χ1) is 9.94. The van der Waals surface area contributed by atoms with Gasteiger partial charge < -0.3 is 10.3 Å². The van der Waals surface area contributed by atoms with Crippen LogP contribution in [0.25, 0.3) is 11.0 Å². The monoisotopic (exact) mass is 287 g/mol. The van der Waals surface area contributed by atoms with E-state index < -0.39 is 0 Å². The molecule has 0 saturated heterocycles. The Bertz CT molecular complexity index is 578. The van der Waals surface area contributed by atoms with Gasteiger partial charge in [0.2, 0.25) is 0 Å². The van der Waals surface area contributed by atoms with Crippen molar-refractivity contribution in [3.05, 3.63) is 24.0 Å². The number of fused-ring (bicyclic) bond motifs is 1. The SMILES string of the molecule is CCCCC(CC)Nc1ccc2nc(C(C)(C)C)[nH]c2c1. The average Bonchev–Trinajstić information content (AvgIpc) is 2.86. The van der Waals surface area contributed by atoms with Crippen molar-refractivity contribution >= 4 is 16.7 Å². The lowest BCUT2D eigenvalue weighted by Gasteiger charge is -2.17. The van der Waals surface area contributed by atoms with Crippen LogP contribution in [0.15, 0.2) is 18.2 Å². The van der Waals surface area contributed by atoms with Crippen LogP contribution in [0, 0.1) is 0 Å². The first-order valence-corrected chi connectivity index (χ1v) is 8.20. The number of unbranched alkanes of at least 4 members (excludes halogenated alkanes) is 1. The lowest BCUT2D eigenvalue weighted by molar-refractivity contribution is 0.554. The molecule has 3 nitrogen and oxygen atoms in total. The molecule has 3 heteroatoms. The molecule has 2 aromatic rings. The first kappa shape index (κ1) is 15.9. The standard InChI is InChI=1S/C18H29N3/c1-6-8-9-13(7-2)19-14-10-11-15-16(12-14)21-17(20-15)18(3,4)5/h10-13,19H,6-9H2,1-5H3,(H,20,21). The molecule has 1 atom stereocenters. The molecule has 0 amide bonds. The first-order valence-electron chi connectivity index (χ1n) is 8.20. The van der Waals surface area contributed by atoms with Gasteiger partial charge in [-0.1, -0.05) is 47.5 Å². The van der Waals surface area contributed by atoms with Gasteiger partial charge in [-0.25, -0.2) is 4.98 Å². The van der Waals surface area contributed by atoms with Crippen molar-refractivity contribution in [2.75, 3.05) is 5.32 Å². The Balaban J connectivity index is 2.18. The minimum absolute atomic E-state index is 0.0552. The smallest absolute Gasteiger partial charge is 0.112 e. The summed E-state index contributed by atoms with van der Waals surface area (Å²) in [6, 6.07) is 7.00. The van der Waals surface area contributed by atoms with Crippen molar-refractivity contribution < 1.29 is 0 Å². The van der Waals surface area contributed by atoms with Gasteiger partial charge in [0, 0.05) is 17.1 Å². The van der Waals surface area contributed by atoms with Crippen LogP contribution in [0.2, 0.25) is 0 Å². The van der Waals surface area contributed by atoms with Gasteiger partial charge in [0.05, 0.1) is 11.0 Å². The van der Waals surface area contributed by atoms with Crippen molar-refractivity contribution in [1.82, 2.24) is 9.97 Å². The van der Waals surface area contributed by atoms with Crippen LogP contribution >= 0.6 is 0 Å².